The SMILES string of the molecule is CCCOc1ccc(CCS)cc1. The Balaban J connectivity index is 2.48. The second-order valence-corrected chi connectivity index (χ2v) is 3.41. The average molecular weight is 196 g/mol. The van der Waals surface area contributed by atoms with E-state index in [2.05, 4.69) is 31.7 Å². The fourth-order valence-corrected chi connectivity index (χ4v) is 1.36. The maximum Gasteiger partial charge on any atom is 0.119 e. The number of ether oxygens (including phenoxy) is 1. The van der Waals surface area contributed by atoms with Gasteiger partial charge in [0.05, 0.1) is 6.61 Å². The van der Waals surface area contributed by atoms with Gasteiger partial charge in [0.25, 0.3) is 0 Å². The largest absolute Gasteiger partial charge is 0.494 e. The molecule has 0 aliphatic rings. The molecule has 1 rings (SSSR count). The highest BCUT2D eigenvalue weighted by Gasteiger charge is 1.93. The lowest BCUT2D eigenvalue weighted by Crippen LogP contribution is -1.95. The highest BCUT2D eigenvalue weighted by atomic mass is 32.1. The van der Waals surface area contributed by atoms with Crippen LogP contribution in [0.25, 0.3) is 0 Å². The molecule has 0 heterocycles. The lowest BCUT2D eigenvalue weighted by molar-refractivity contribution is 0.317. The Morgan fingerprint density at radius 1 is 1.23 bits per heavy atom. The second-order valence-electron chi connectivity index (χ2n) is 2.97. The number of rotatable bonds is 5. The van der Waals surface area contributed by atoms with Gasteiger partial charge in [-0.1, -0.05) is 19.1 Å². The Labute approximate surface area is 85.5 Å². The first-order valence-electron chi connectivity index (χ1n) is 4.69. The van der Waals surface area contributed by atoms with Gasteiger partial charge in [-0.2, -0.15) is 12.6 Å². The molecule has 0 aliphatic carbocycles. The zero-order valence-electron chi connectivity index (χ0n) is 7.99. The average Bonchev–Trinajstić information content (AvgIpc) is 2.17. The van der Waals surface area contributed by atoms with Gasteiger partial charge in [-0.25, -0.2) is 0 Å². The van der Waals surface area contributed by atoms with E-state index in [9.17, 15) is 0 Å². The van der Waals surface area contributed by atoms with Gasteiger partial charge in [0.2, 0.25) is 0 Å². The van der Waals surface area contributed by atoms with Crippen LogP contribution >= 0.6 is 12.6 Å². The van der Waals surface area contributed by atoms with Crippen LogP contribution in [0.1, 0.15) is 18.9 Å². The van der Waals surface area contributed by atoms with E-state index in [1.807, 2.05) is 12.1 Å². The monoisotopic (exact) mass is 196 g/mol. The van der Waals surface area contributed by atoms with Crippen molar-refractivity contribution in [1.29, 1.82) is 0 Å². The second kappa shape index (κ2) is 5.92. The van der Waals surface area contributed by atoms with E-state index in [4.69, 9.17) is 4.74 Å². The molecule has 0 aliphatic heterocycles. The van der Waals surface area contributed by atoms with Crippen LogP contribution in [0.2, 0.25) is 0 Å². The molecule has 1 aromatic carbocycles. The minimum absolute atomic E-state index is 0.798. The van der Waals surface area contributed by atoms with Crippen LogP contribution in [-0.4, -0.2) is 12.4 Å². The molecule has 0 bridgehead atoms. The Kier molecular flexibility index (Phi) is 4.76. The molecule has 0 aromatic heterocycles. The summed E-state index contributed by atoms with van der Waals surface area (Å²) in [4.78, 5) is 0. The van der Waals surface area contributed by atoms with Crippen LogP contribution in [0.15, 0.2) is 24.3 Å². The molecular weight excluding hydrogens is 180 g/mol. The first-order chi connectivity index (χ1) is 6.36. The van der Waals surface area contributed by atoms with Crippen molar-refractivity contribution in [3.8, 4) is 5.75 Å². The van der Waals surface area contributed by atoms with Gasteiger partial charge < -0.3 is 4.74 Å². The van der Waals surface area contributed by atoms with Gasteiger partial charge in [-0.3, -0.25) is 0 Å². The van der Waals surface area contributed by atoms with Gasteiger partial charge in [0, 0.05) is 0 Å². The summed E-state index contributed by atoms with van der Waals surface area (Å²) in [6, 6.07) is 8.24. The van der Waals surface area contributed by atoms with Gasteiger partial charge in [-0.15, -0.1) is 0 Å². The molecular formula is C11H16OS. The summed E-state index contributed by atoms with van der Waals surface area (Å²) >= 11 is 4.18. The smallest absolute Gasteiger partial charge is 0.119 e. The Bertz CT molecular complexity index is 230. The third kappa shape index (κ3) is 3.73. The van der Waals surface area contributed by atoms with E-state index in [0.717, 1.165) is 31.0 Å². The van der Waals surface area contributed by atoms with Crippen molar-refractivity contribution in [2.75, 3.05) is 12.4 Å². The summed E-state index contributed by atoms with van der Waals surface area (Å²) in [5, 5.41) is 0. The van der Waals surface area contributed by atoms with Crippen LogP contribution in [0.3, 0.4) is 0 Å². The lowest BCUT2D eigenvalue weighted by Gasteiger charge is -2.04. The summed E-state index contributed by atoms with van der Waals surface area (Å²) in [7, 11) is 0. The minimum Gasteiger partial charge on any atom is -0.494 e. The zero-order chi connectivity index (χ0) is 9.52. The molecule has 0 saturated heterocycles. The molecule has 2 heteroatoms. The number of benzene rings is 1. The Morgan fingerprint density at radius 2 is 1.92 bits per heavy atom. The maximum absolute atomic E-state index is 5.47. The molecule has 1 aromatic rings. The number of aryl methyl sites for hydroxylation is 1. The summed E-state index contributed by atoms with van der Waals surface area (Å²) < 4.78 is 5.47. The summed E-state index contributed by atoms with van der Waals surface area (Å²) in [5.41, 5.74) is 1.32. The van der Waals surface area contributed by atoms with E-state index in [1.54, 1.807) is 0 Å². The number of thiol groups is 1. The lowest BCUT2D eigenvalue weighted by atomic mass is 10.2. The Morgan fingerprint density at radius 3 is 2.46 bits per heavy atom. The molecule has 72 valence electrons. The van der Waals surface area contributed by atoms with Crippen molar-refractivity contribution < 1.29 is 4.74 Å². The third-order valence-corrected chi connectivity index (χ3v) is 2.02. The number of hydrogen-bond donors (Lipinski definition) is 1. The predicted octanol–water partition coefficient (Wildman–Crippen LogP) is 2.95. The van der Waals surface area contributed by atoms with Crippen molar-refractivity contribution in [3.63, 3.8) is 0 Å². The molecule has 0 fully saturated rings. The van der Waals surface area contributed by atoms with Crippen molar-refractivity contribution in [2.45, 2.75) is 19.8 Å². The molecule has 13 heavy (non-hydrogen) atoms. The molecule has 0 amide bonds. The third-order valence-electron chi connectivity index (χ3n) is 1.80. The van der Waals surface area contributed by atoms with E-state index in [-0.39, 0.29) is 0 Å². The summed E-state index contributed by atoms with van der Waals surface area (Å²) in [6.45, 7) is 2.90. The fraction of sp³-hybridized carbons (Fsp3) is 0.455. The first-order valence-corrected chi connectivity index (χ1v) is 5.32. The van der Waals surface area contributed by atoms with Crippen LogP contribution in [0.5, 0.6) is 5.75 Å². The highest BCUT2D eigenvalue weighted by Crippen LogP contribution is 2.12. The molecule has 0 atom stereocenters. The van der Waals surface area contributed by atoms with Crippen LogP contribution in [0, 0.1) is 0 Å². The quantitative estimate of drug-likeness (QED) is 0.712. The van der Waals surface area contributed by atoms with Gasteiger partial charge in [-0.05, 0) is 36.3 Å². The van der Waals surface area contributed by atoms with Gasteiger partial charge >= 0.3 is 0 Å². The molecule has 0 N–H and O–H groups in total. The first kappa shape index (κ1) is 10.5. The fourth-order valence-electron chi connectivity index (χ4n) is 1.10. The van der Waals surface area contributed by atoms with Crippen molar-refractivity contribution in [3.05, 3.63) is 29.8 Å². The summed E-state index contributed by atoms with van der Waals surface area (Å²) in [6.07, 6.45) is 2.08. The maximum atomic E-state index is 5.47. The van der Waals surface area contributed by atoms with Crippen molar-refractivity contribution in [1.82, 2.24) is 0 Å². The van der Waals surface area contributed by atoms with Crippen molar-refractivity contribution >= 4 is 12.6 Å². The van der Waals surface area contributed by atoms with E-state index >= 15 is 0 Å². The van der Waals surface area contributed by atoms with Crippen LogP contribution in [0.4, 0.5) is 0 Å². The van der Waals surface area contributed by atoms with Gasteiger partial charge in [0.15, 0.2) is 0 Å². The van der Waals surface area contributed by atoms with E-state index < -0.39 is 0 Å². The topological polar surface area (TPSA) is 9.23 Å². The normalized spacial score (nSPS) is 10.0. The van der Waals surface area contributed by atoms with Crippen LogP contribution < -0.4 is 4.74 Å². The standard InChI is InChI=1S/C11H16OS/c1-2-8-12-11-5-3-10(4-6-11)7-9-13/h3-6,13H,2,7-9H2,1H3. The highest BCUT2D eigenvalue weighted by molar-refractivity contribution is 7.80. The van der Waals surface area contributed by atoms with E-state index in [0.29, 0.717) is 0 Å². The molecule has 1 nitrogen and oxygen atoms in total. The van der Waals surface area contributed by atoms with Crippen molar-refractivity contribution in [2.24, 2.45) is 0 Å². The summed E-state index contributed by atoms with van der Waals surface area (Å²) in [5.74, 6) is 1.86. The molecule has 0 spiro atoms. The predicted molar refractivity (Wildman–Crippen MR) is 59.8 cm³/mol. The minimum atomic E-state index is 0.798. The molecule has 0 radical (unpaired) electrons. The van der Waals surface area contributed by atoms with E-state index in [1.165, 1.54) is 5.56 Å². The molecule has 0 unspecified atom stereocenters. The Hall–Kier alpha value is -0.630. The number of hydrogen-bond acceptors (Lipinski definition) is 2. The van der Waals surface area contributed by atoms with Gasteiger partial charge in [0.1, 0.15) is 5.75 Å². The van der Waals surface area contributed by atoms with Crippen LogP contribution in [-0.2, 0) is 6.42 Å². The molecule has 0 saturated carbocycles. The zero-order valence-corrected chi connectivity index (χ0v) is 8.89.